The molecule has 0 aliphatic heterocycles. The van der Waals surface area contributed by atoms with Crippen molar-refractivity contribution in [2.24, 2.45) is 0 Å². The highest BCUT2D eigenvalue weighted by Crippen LogP contribution is 2.25. The Kier molecular flexibility index (Phi) is 3.07. The molecule has 3 aromatic rings. The van der Waals surface area contributed by atoms with Gasteiger partial charge in [-0.15, -0.1) is 11.8 Å². The highest BCUT2D eigenvalue weighted by Gasteiger charge is 2.01. The zero-order chi connectivity index (χ0) is 11.5. The van der Waals surface area contributed by atoms with Crippen LogP contribution in [0.2, 0.25) is 0 Å². The summed E-state index contributed by atoms with van der Waals surface area (Å²) in [4.78, 5) is 1.24. The third-order valence-corrected chi connectivity index (χ3v) is 4.10. The summed E-state index contributed by atoms with van der Waals surface area (Å²) < 4.78 is 8.45. The van der Waals surface area contributed by atoms with E-state index >= 15 is 0 Å². The van der Waals surface area contributed by atoms with E-state index in [-0.39, 0.29) is 0 Å². The zero-order valence-electron chi connectivity index (χ0n) is 9.04. The summed E-state index contributed by atoms with van der Waals surface area (Å²) >= 11 is 3.10. The Morgan fingerprint density at radius 3 is 2.65 bits per heavy atom. The van der Waals surface area contributed by atoms with Crippen LogP contribution in [-0.2, 0) is 5.75 Å². The molecule has 1 heterocycles. The van der Waals surface area contributed by atoms with Crippen molar-refractivity contribution in [1.29, 1.82) is 0 Å². The molecule has 0 saturated carbocycles. The summed E-state index contributed by atoms with van der Waals surface area (Å²) in [6.07, 6.45) is 0. The van der Waals surface area contributed by atoms with E-state index in [2.05, 4.69) is 45.1 Å². The Hall–Kier alpha value is -1.39. The topological polar surface area (TPSA) is 25.8 Å². The standard InChI is InChI=1S/C13H10N2S2/c1-2-4-10(5-3-1)9-16-11-6-7-12-13(8-11)15-17-14-12/h1-8H,9H2. The normalized spacial score (nSPS) is 10.8. The van der Waals surface area contributed by atoms with Crippen LogP contribution in [0.1, 0.15) is 5.56 Å². The van der Waals surface area contributed by atoms with Gasteiger partial charge in [0.2, 0.25) is 0 Å². The van der Waals surface area contributed by atoms with Crippen molar-refractivity contribution in [3.05, 3.63) is 54.1 Å². The van der Waals surface area contributed by atoms with Crippen molar-refractivity contribution >= 4 is 34.5 Å². The highest BCUT2D eigenvalue weighted by molar-refractivity contribution is 7.98. The minimum atomic E-state index is 0.985. The van der Waals surface area contributed by atoms with Crippen molar-refractivity contribution < 1.29 is 0 Å². The van der Waals surface area contributed by atoms with E-state index in [0.717, 1.165) is 16.8 Å². The van der Waals surface area contributed by atoms with E-state index in [9.17, 15) is 0 Å². The molecule has 1 aromatic heterocycles. The van der Waals surface area contributed by atoms with Gasteiger partial charge in [-0.2, -0.15) is 8.75 Å². The van der Waals surface area contributed by atoms with Crippen LogP contribution in [0.15, 0.2) is 53.4 Å². The monoisotopic (exact) mass is 258 g/mol. The molecular formula is C13H10N2S2. The Morgan fingerprint density at radius 2 is 1.76 bits per heavy atom. The summed E-state index contributed by atoms with van der Waals surface area (Å²) in [5.74, 6) is 0.990. The maximum Gasteiger partial charge on any atom is 0.105 e. The van der Waals surface area contributed by atoms with E-state index in [1.165, 1.54) is 22.2 Å². The molecule has 0 saturated heterocycles. The maximum absolute atomic E-state index is 4.25. The van der Waals surface area contributed by atoms with Crippen LogP contribution in [0.4, 0.5) is 0 Å². The second-order valence-corrected chi connectivity index (χ2v) is 5.27. The van der Waals surface area contributed by atoms with E-state index in [1.54, 1.807) is 0 Å². The summed E-state index contributed by atoms with van der Waals surface area (Å²) in [7, 11) is 0. The molecule has 4 heteroatoms. The lowest BCUT2D eigenvalue weighted by molar-refractivity contribution is 1.39. The van der Waals surface area contributed by atoms with Gasteiger partial charge in [-0.3, -0.25) is 0 Å². The largest absolute Gasteiger partial charge is 0.173 e. The Labute approximate surface area is 108 Å². The lowest BCUT2D eigenvalue weighted by atomic mass is 10.2. The number of hydrogen-bond donors (Lipinski definition) is 0. The van der Waals surface area contributed by atoms with Crippen LogP contribution in [-0.4, -0.2) is 8.75 Å². The van der Waals surface area contributed by atoms with E-state index in [1.807, 2.05) is 23.9 Å². The first kappa shape index (κ1) is 10.7. The molecule has 0 aliphatic rings. The average Bonchev–Trinajstić information content (AvgIpc) is 2.85. The number of fused-ring (bicyclic) bond motifs is 1. The SMILES string of the molecule is c1ccc(CSc2ccc3nsnc3c2)cc1. The summed E-state index contributed by atoms with van der Waals surface area (Å²) in [6, 6.07) is 16.7. The summed E-state index contributed by atoms with van der Waals surface area (Å²) in [5, 5.41) is 0. The molecule has 0 spiro atoms. The zero-order valence-corrected chi connectivity index (χ0v) is 10.7. The fourth-order valence-electron chi connectivity index (χ4n) is 1.59. The molecule has 0 N–H and O–H groups in total. The van der Waals surface area contributed by atoms with E-state index in [4.69, 9.17) is 0 Å². The fourth-order valence-corrected chi connectivity index (χ4v) is 3.00. The number of thioether (sulfide) groups is 1. The Morgan fingerprint density at radius 1 is 0.941 bits per heavy atom. The Balaban J connectivity index is 1.76. The molecule has 0 aliphatic carbocycles. The van der Waals surface area contributed by atoms with Gasteiger partial charge in [-0.1, -0.05) is 30.3 Å². The van der Waals surface area contributed by atoms with Gasteiger partial charge >= 0.3 is 0 Å². The lowest BCUT2D eigenvalue weighted by Crippen LogP contribution is -1.79. The first-order valence-electron chi connectivity index (χ1n) is 5.31. The quantitative estimate of drug-likeness (QED) is 0.664. The number of rotatable bonds is 3. The lowest BCUT2D eigenvalue weighted by Gasteiger charge is -2.01. The van der Waals surface area contributed by atoms with Gasteiger partial charge in [-0.05, 0) is 23.8 Å². The molecule has 17 heavy (non-hydrogen) atoms. The summed E-state index contributed by atoms with van der Waals surface area (Å²) in [6.45, 7) is 0. The molecule has 0 atom stereocenters. The number of nitrogens with zero attached hydrogens (tertiary/aromatic N) is 2. The van der Waals surface area contributed by atoms with Crippen LogP contribution in [0, 0.1) is 0 Å². The predicted octanol–water partition coefficient (Wildman–Crippen LogP) is 3.98. The molecular weight excluding hydrogens is 248 g/mol. The van der Waals surface area contributed by atoms with Crippen molar-refractivity contribution in [1.82, 2.24) is 8.75 Å². The van der Waals surface area contributed by atoms with Crippen molar-refractivity contribution in [3.8, 4) is 0 Å². The number of aromatic nitrogens is 2. The first-order chi connectivity index (χ1) is 8.42. The second kappa shape index (κ2) is 4.85. The van der Waals surface area contributed by atoms with Crippen molar-refractivity contribution in [2.45, 2.75) is 10.6 Å². The Bertz CT molecular complexity index is 619. The highest BCUT2D eigenvalue weighted by atomic mass is 32.2. The van der Waals surface area contributed by atoms with Crippen LogP contribution in [0.5, 0.6) is 0 Å². The van der Waals surface area contributed by atoms with Crippen molar-refractivity contribution in [2.75, 3.05) is 0 Å². The van der Waals surface area contributed by atoms with Gasteiger partial charge in [-0.25, -0.2) is 0 Å². The van der Waals surface area contributed by atoms with E-state index in [0.29, 0.717) is 0 Å². The maximum atomic E-state index is 4.25. The number of benzene rings is 2. The van der Waals surface area contributed by atoms with Gasteiger partial charge in [0.1, 0.15) is 11.0 Å². The van der Waals surface area contributed by atoms with Gasteiger partial charge in [0.05, 0.1) is 11.7 Å². The van der Waals surface area contributed by atoms with Crippen LogP contribution in [0.3, 0.4) is 0 Å². The first-order valence-corrected chi connectivity index (χ1v) is 7.02. The summed E-state index contributed by atoms with van der Waals surface area (Å²) in [5.41, 5.74) is 3.32. The fraction of sp³-hybridized carbons (Fsp3) is 0.0769. The third-order valence-electron chi connectivity index (χ3n) is 2.47. The van der Waals surface area contributed by atoms with Gasteiger partial charge < -0.3 is 0 Å². The molecule has 0 unspecified atom stereocenters. The molecule has 0 bridgehead atoms. The van der Waals surface area contributed by atoms with Gasteiger partial charge in [0.15, 0.2) is 0 Å². The minimum absolute atomic E-state index is 0.985. The molecule has 2 nitrogen and oxygen atoms in total. The van der Waals surface area contributed by atoms with Crippen LogP contribution in [0.25, 0.3) is 11.0 Å². The van der Waals surface area contributed by atoms with Crippen molar-refractivity contribution in [3.63, 3.8) is 0 Å². The molecule has 84 valence electrons. The van der Waals surface area contributed by atoms with E-state index < -0.39 is 0 Å². The molecule has 0 amide bonds. The smallest absolute Gasteiger partial charge is 0.105 e. The molecule has 0 fully saturated rings. The number of hydrogen-bond acceptors (Lipinski definition) is 4. The molecule has 2 aromatic carbocycles. The molecule has 3 rings (SSSR count). The van der Waals surface area contributed by atoms with Crippen LogP contribution >= 0.6 is 23.5 Å². The molecule has 0 radical (unpaired) electrons. The minimum Gasteiger partial charge on any atom is -0.173 e. The van der Waals surface area contributed by atoms with Crippen LogP contribution < -0.4 is 0 Å². The third kappa shape index (κ3) is 2.48. The average molecular weight is 258 g/mol. The predicted molar refractivity (Wildman–Crippen MR) is 73.4 cm³/mol. The van der Waals surface area contributed by atoms with Gasteiger partial charge in [0, 0.05) is 10.6 Å². The second-order valence-electron chi connectivity index (χ2n) is 3.69. The van der Waals surface area contributed by atoms with Gasteiger partial charge in [0.25, 0.3) is 0 Å².